The van der Waals surface area contributed by atoms with E-state index in [0.717, 1.165) is 11.1 Å². The van der Waals surface area contributed by atoms with Crippen LogP contribution in [0.5, 0.6) is 17.2 Å². The lowest BCUT2D eigenvalue weighted by molar-refractivity contribution is 0.101. The molecule has 0 fully saturated rings. The van der Waals surface area contributed by atoms with E-state index in [0.29, 0.717) is 22.8 Å². The molecule has 4 nitrogen and oxygen atoms in total. The van der Waals surface area contributed by atoms with Crippen LogP contribution >= 0.6 is 0 Å². The topological polar surface area (TPSA) is 44.8 Å². The number of methoxy groups -OCH3 is 3. The van der Waals surface area contributed by atoms with Crippen LogP contribution in [0.2, 0.25) is 0 Å². The Bertz CT molecular complexity index is 707. The van der Waals surface area contributed by atoms with Crippen molar-refractivity contribution < 1.29 is 19.0 Å². The Hall–Kier alpha value is -2.75. The first-order valence-electron chi connectivity index (χ1n) is 7.18. The molecule has 0 aromatic heterocycles. The summed E-state index contributed by atoms with van der Waals surface area (Å²) in [5.74, 6) is 1.77. The molecule has 0 aliphatic rings. The molecular formula is C19H20O4. The minimum absolute atomic E-state index is 0.0372. The first kappa shape index (κ1) is 16.6. The quantitative estimate of drug-likeness (QED) is 0.595. The van der Waals surface area contributed by atoms with Gasteiger partial charge in [0.15, 0.2) is 17.3 Å². The number of ketones is 1. The summed E-state index contributed by atoms with van der Waals surface area (Å²) in [6.45, 7) is 1.56. The molecule has 0 N–H and O–H groups in total. The Kier molecular flexibility index (Phi) is 5.41. The van der Waals surface area contributed by atoms with Gasteiger partial charge in [-0.05, 0) is 30.2 Å². The van der Waals surface area contributed by atoms with Crippen LogP contribution in [0.15, 0.2) is 36.4 Å². The van der Waals surface area contributed by atoms with E-state index in [1.807, 2.05) is 48.6 Å². The summed E-state index contributed by atoms with van der Waals surface area (Å²) >= 11 is 0. The van der Waals surface area contributed by atoms with E-state index in [1.54, 1.807) is 28.3 Å². The lowest BCUT2D eigenvalue weighted by Crippen LogP contribution is -1.96. The highest BCUT2D eigenvalue weighted by Gasteiger charge is 2.12. The van der Waals surface area contributed by atoms with E-state index in [9.17, 15) is 4.79 Å². The summed E-state index contributed by atoms with van der Waals surface area (Å²) in [5, 5.41) is 0. The standard InChI is InChI=1S/C19H20O4/c1-13(20)16-8-6-5-7-15(16)10-9-14-11-17(21-2)19(23-4)18(12-14)22-3/h5-12H,1-4H3/b10-9-. The second-order valence-electron chi connectivity index (χ2n) is 4.94. The van der Waals surface area contributed by atoms with Gasteiger partial charge in [-0.1, -0.05) is 36.4 Å². The van der Waals surface area contributed by atoms with Crippen LogP contribution in [0, 0.1) is 0 Å². The summed E-state index contributed by atoms with van der Waals surface area (Å²) in [6, 6.07) is 11.2. The molecule has 0 bridgehead atoms. The SMILES string of the molecule is COc1cc(/C=C\c2ccccc2C(C)=O)cc(OC)c1OC. The Morgan fingerprint density at radius 1 is 0.913 bits per heavy atom. The molecule has 2 aromatic carbocycles. The van der Waals surface area contributed by atoms with Crippen molar-refractivity contribution in [3.05, 3.63) is 53.1 Å². The molecule has 0 atom stereocenters. The van der Waals surface area contributed by atoms with Gasteiger partial charge < -0.3 is 14.2 Å². The molecule has 0 unspecified atom stereocenters. The number of hydrogen-bond acceptors (Lipinski definition) is 4. The summed E-state index contributed by atoms with van der Waals surface area (Å²) in [5.41, 5.74) is 2.45. The second kappa shape index (κ2) is 7.49. The molecular weight excluding hydrogens is 292 g/mol. The monoisotopic (exact) mass is 312 g/mol. The van der Waals surface area contributed by atoms with Gasteiger partial charge in [-0.3, -0.25) is 4.79 Å². The van der Waals surface area contributed by atoms with Crippen molar-refractivity contribution in [3.63, 3.8) is 0 Å². The number of Topliss-reactive ketones (excluding diaryl/α,β-unsaturated/α-hetero) is 1. The Balaban J connectivity index is 2.42. The third-order valence-corrected chi connectivity index (χ3v) is 3.48. The molecule has 0 saturated carbocycles. The maximum Gasteiger partial charge on any atom is 0.203 e. The second-order valence-corrected chi connectivity index (χ2v) is 4.94. The van der Waals surface area contributed by atoms with E-state index >= 15 is 0 Å². The molecule has 23 heavy (non-hydrogen) atoms. The maximum atomic E-state index is 11.7. The van der Waals surface area contributed by atoms with Gasteiger partial charge >= 0.3 is 0 Å². The van der Waals surface area contributed by atoms with Crippen molar-refractivity contribution in [2.24, 2.45) is 0 Å². The molecule has 2 rings (SSSR count). The zero-order valence-corrected chi connectivity index (χ0v) is 13.8. The Morgan fingerprint density at radius 2 is 1.52 bits per heavy atom. The maximum absolute atomic E-state index is 11.7. The number of carbonyl (C=O) groups is 1. The van der Waals surface area contributed by atoms with Crippen molar-refractivity contribution in [1.82, 2.24) is 0 Å². The highest BCUT2D eigenvalue weighted by molar-refractivity contribution is 5.98. The largest absolute Gasteiger partial charge is 0.493 e. The molecule has 0 heterocycles. The minimum Gasteiger partial charge on any atom is -0.493 e. The van der Waals surface area contributed by atoms with E-state index in [4.69, 9.17) is 14.2 Å². The van der Waals surface area contributed by atoms with Crippen LogP contribution in [0.1, 0.15) is 28.4 Å². The third kappa shape index (κ3) is 3.72. The van der Waals surface area contributed by atoms with E-state index in [-0.39, 0.29) is 5.78 Å². The van der Waals surface area contributed by atoms with Crippen LogP contribution in [0.3, 0.4) is 0 Å². The van der Waals surface area contributed by atoms with E-state index < -0.39 is 0 Å². The lowest BCUT2D eigenvalue weighted by Gasteiger charge is -2.12. The molecule has 2 aromatic rings. The van der Waals surface area contributed by atoms with Gasteiger partial charge in [0.1, 0.15) is 0 Å². The minimum atomic E-state index is 0.0372. The molecule has 0 radical (unpaired) electrons. The molecule has 0 aliphatic carbocycles. The first-order valence-corrected chi connectivity index (χ1v) is 7.18. The third-order valence-electron chi connectivity index (χ3n) is 3.48. The van der Waals surface area contributed by atoms with E-state index in [2.05, 4.69) is 0 Å². The van der Waals surface area contributed by atoms with Crippen molar-refractivity contribution in [2.45, 2.75) is 6.92 Å². The zero-order valence-electron chi connectivity index (χ0n) is 13.8. The predicted molar refractivity (Wildman–Crippen MR) is 91.5 cm³/mol. The average Bonchev–Trinajstić information content (AvgIpc) is 2.58. The van der Waals surface area contributed by atoms with Crippen LogP contribution in [-0.2, 0) is 0 Å². The fourth-order valence-electron chi connectivity index (χ4n) is 2.35. The van der Waals surface area contributed by atoms with Crippen molar-refractivity contribution in [2.75, 3.05) is 21.3 Å². The zero-order chi connectivity index (χ0) is 16.8. The average molecular weight is 312 g/mol. The van der Waals surface area contributed by atoms with Gasteiger partial charge in [-0.15, -0.1) is 0 Å². The Labute approximate surface area is 136 Å². The number of carbonyl (C=O) groups excluding carboxylic acids is 1. The fourth-order valence-corrected chi connectivity index (χ4v) is 2.35. The van der Waals surface area contributed by atoms with Crippen LogP contribution in [-0.4, -0.2) is 27.1 Å². The molecule has 0 saturated heterocycles. The number of benzene rings is 2. The summed E-state index contributed by atoms with van der Waals surface area (Å²) in [7, 11) is 4.73. The molecule has 0 aliphatic heterocycles. The van der Waals surface area contributed by atoms with Gasteiger partial charge in [0, 0.05) is 5.56 Å². The van der Waals surface area contributed by atoms with Crippen LogP contribution in [0.4, 0.5) is 0 Å². The summed E-state index contributed by atoms with van der Waals surface area (Å²) in [6.07, 6.45) is 3.81. The number of hydrogen-bond donors (Lipinski definition) is 0. The summed E-state index contributed by atoms with van der Waals surface area (Å²) in [4.78, 5) is 11.7. The molecule has 0 amide bonds. The Morgan fingerprint density at radius 3 is 2.04 bits per heavy atom. The molecule has 120 valence electrons. The van der Waals surface area contributed by atoms with Gasteiger partial charge in [0.2, 0.25) is 5.75 Å². The van der Waals surface area contributed by atoms with E-state index in [1.165, 1.54) is 0 Å². The predicted octanol–water partition coefficient (Wildman–Crippen LogP) is 4.09. The van der Waals surface area contributed by atoms with Gasteiger partial charge in [-0.2, -0.15) is 0 Å². The fraction of sp³-hybridized carbons (Fsp3) is 0.211. The normalized spacial score (nSPS) is 10.6. The number of rotatable bonds is 6. The molecule has 4 heteroatoms. The number of ether oxygens (including phenoxy) is 3. The highest BCUT2D eigenvalue weighted by Crippen LogP contribution is 2.38. The van der Waals surface area contributed by atoms with Crippen LogP contribution < -0.4 is 14.2 Å². The summed E-state index contributed by atoms with van der Waals surface area (Å²) < 4.78 is 16.0. The first-order chi connectivity index (χ1) is 11.1. The van der Waals surface area contributed by atoms with Gasteiger partial charge in [0.05, 0.1) is 21.3 Å². The van der Waals surface area contributed by atoms with Gasteiger partial charge in [-0.25, -0.2) is 0 Å². The van der Waals surface area contributed by atoms with Crippen molar-refractivity contribution in [3.8, 4) is 17.2 Å². The highest BCUT2D eigenvalue weighted by atomic mass is 16.5. The van der Waals surface area contributed by atoms with Crippen LogP contribution in [0.25, 0.3) is 12.2 Å². The van der Waals surface area contributed by atoms with Gasteiger partial charge in [0.25, 0.3) is 0 Å². The smallest absolute Gasteiger partial charge is 0.203 e. The molecule has 0 spiro atoms. The van der Waals surface area contributed by atoms with Crippen molar-refractivity contribution >= 4 is 17.9 Å². The van der Waals surface area contributed by atoms with Crippen molar-refractivity contribution in [1.29, 1.82) is 0 Å². The lowest BCUT2D eigenvalue weighted by atomic mass is 10.0.